The predicted octanol–water partition coefficient (Wildman–Crippen LogP) is -1.80. The van der Waals surface area contributed by atoms with Crippen molar-refractivity contribution >= 4 is 0 Å². The number of ether oxygens (including phenoxy) is 9. The van der Waals surface area contributed by atoms with Crippen molar-refractivity contribution < 1.29 is 58.0 Å². The highest BCUT2D eigenvalue weighted by atomic mass is 16.7. The van der Waals surface area contributed by atoms with Crippen LogP contribution in [0.5, 0.6) is 0 Å². The number of aliphatic hydroxyl groups is 3. The van der Waals surface area contributed by atoms with Gasteiger partial charge in [0.15, 0.2) is 6.79 Å². The number of rotatable bonds is 22. The molecule has 0 aromatic heterocycles. The van der Waals surface area contributed by atoms with E-state index < -0.39 is 30.5 Å². The highest BCUT2D eigenvalue weighted by Gasteiger charge is 2.38. The third-order valence-corrected chi connectivity index (χ3v) is 5.04. The van der Waals surface area contributed by atoms with Crippen LogP contribution >= 0.6 is 0 Å². The van der Waals surface area contributed by atoms with E-state index in [2.05, 4.69) is 6.58 Å². The lowest BCUT2D eigenvalue weighted by Crippen LogP contribution is -2.51. The van der Waals surface area contributed by atoms with Crippen molar-refractivity contribution in [3.05, 3.63) is 12.8 Å². The van der Waals surface area contributed by atoms with Crippen LogP contribution in [0.15, 0.2) is 12.8 Å². The molecular weight excluding hydrogens is 444 g/mol. The Bertz CT molecular complexity index is 539. The Morgan fingerprint density at radius 2 is 1.39 bits per heavy atom. The van der Waals surface area contributed by atoms with Gasteiger partial charge in [0, 0.05) is 0 Å². The van der Waals surface area contributed by atoms with Crippen LogP contribution in [0.3, 0.4) is 0 Å². The van der Waals surface area contributed by atoms with Crippen LogP contribution < -0.4 is 0 Å². The second kappa shape index (κ2) is 14.5. The fourth-order valence-electron chi connectivity index (χ4n) is 2.89. The Labute approximate surface area is 193 Å². The van der Waals surface area contributed by atoms with Gasteiger partial charge in [-0.3, -0.25) is 0 Å². The maximum atomic E-state index is 10.8. The molecule has 3 heterocycles. The first-order valence-corrected chi connectivity index (χ1v) is 11.1. The molecule has 33 heavy (non-hydrogen) atoms. The van der Waals surface area contributed by atoms with Gasteiger partial charge in [-0.1, -0.05) is 6.58 Å². The summed E-state index contributed by atoms with van der Waals surface area (Å²) in [6.07, 6.45) is -3.83. The van der Waals surface area contributed by atoms with Crippen LogP contribution in [0.25, 0.3) is 0 Å². The second-order valence-corrected chi connectivity index (χ2v) is 8.14. The van der Waals surface area contributed by atoms with Crippen LogP contribution in [0.1, 0.15) is 0 Å². The molecule has 8 unspecified atom stereocenters. The SMILES string of the molecule is C=COCOCC(O)COCC(OCC1CO1)C(OCC1CO1)C(O)C(O)COCC1CO1. The van der Waals surface area contributed by atoms with Crippen molar-refractivity contribution in [2.45, 2.75) is 48.8 Å². The van der Waals surface area contributed by atoms with E-state index in [0.29, 0.717) is 26.4 Å². The molecule has 12 nitrogen and oxygen atoms in total. The fourth-order valence-corrected chi connectivity index (χ4v) is 2.89. The monoisotopic (exact) mass is 480 g/mol. The number of hydrogen-bond acceptors (Lipinski definition) is 12. The van der Waals surface area contributed by atoms with Gasteiger partial charge in [0.25, 0.3) is 0 Å². The minimum absolute atomic E-state index is 0.00365. The Kier molecular flexibility index (Phi) is 11.7. The quantitative estimate of drug-likeness (QED) is 0.0693. The van der Waals surface area contributed by atoms with Gasteiger partial charge < -0.3 is 58.0 Å². The van der Waals surface area contributed by atoms with Gasteiger partial charge in [-0.2, -0.15) is 0 Å². The highest BCUT2D eigenvalue weighted by Crippen LogP contribution is 2.20. The first-order valence-electron chi connectivity index (χ1n) is 11.1. The van der Waals surface area contributed by atoms with Crippen LogP contribution in [-0.4, -0.2) is 137 Å². The van der Waals surface area contributed by atoms with Gasteiger partial charge >= 0.3 is 0 Å². The summed E-state index contributed by atoms with van der Waals surface area (Å²) < 4.78 is 48.2. The van der Waals surface area contributed by atoms with Gasteiger partial charge in [-0.15, -0.1) is 0 Å². The molecule has 0 radical (unpaired) electrons. The molecule has 3 saturated heterocycles. The van der Waals surface area contributed by atoms with Crippen LogP contribution in [0.4, 0.5) is 0 Å². The fraction of sp³-hybridized carbons (Fsp3) is 0.905. The van der Waals surface area contributed by atoms with Crippen molar-refractivity contribution in [3.8, 4) is 0 Å². The average Bonchev–Trinajstić information content (AvgIpc) is 3.64. The summed E-state index contributed by atoms with van der Waals surface area (Å²) in [6, 6.07) is 0. The Balaban J connectivity index is 1.49. The molecule has 0 aliphatic carbocycles. The van der Waals surface area contributed by atoms with E-state index in [9.17, 15) is 15.3 Å². The third kappa shape index (κ3) is 11.4. The van der Waals surface area contributed by atoms with Crippen LogP contribution in [-0.2, 0) is 42.6 Å². The molecule has 192 valence electrons. The summed E-state index contributed by atoms with van der Waals surface area (Å²) in [4.78, 5) is 0. The zero-order valence-electron chi connectivity index (χ0n) is 18.7. The zero-order valence-corrected chi connectivity index (χ0v) is 18.7. The minimum atomic E-state index is -1.30. The molecule has 12 heteroatoms. The summed E-state index contributed by atoms with van der Waals surface area (Å²) in [6.45, 7) is 5.97. The topological polar surface area (TPSA) is 154 Å². The lowest BCUT2D eigenvalue weighted by Gasteiger charge is -2.33. The van der Waals surface area contributed by atoms with Crippen molar-refractivity contribution in [1.82, 2.24) is 0 Å². The van der Waals surface area contributed by atoms with Gasteiger partial charge in [0.2, 0.25) is 0 Å². The maximum absolute atomic E-state index is 10.8. The van der Waals surface area contributed by atoms with Crippen molar-refractivity contribution in [3.63, 3.8) is 0 Å². The molecule has 3 fully saturated rings. The molecule has 3 rings (SSSR count). The lowest BCUT2D eigenvalue weighted by atomic mass is 10.0. The normalized spacial score (nSPS) is 27.9. The lowest BCUT2D eigenvalue weighted by molar-refractivity contribution is -0.176. The Morgan fingerprint density at radius 3 is 2.03 bits per heavy atom. The smallest absolute Gasteiger partial charge is 0.188 e. The van der Waals surface area contributed by atoms with E-state index >= 15 is 0 Å². The van der Waals surface area contributed by atoms with E-state index in [1.165, 1.54) is 6.26 Å². The minimum Gasteiger partial charge on any atom is -0.476 e. The van der Waals surface area contributed by atoms with Gasteiger partial charge in [-0.05, 0) is 0 Å². The van der Waals surface area contributed by atoms with Gasteiger partial charge in [-0.25, -0.2) is 0 Å². The molecular formula is C21H36O12. The molecule has 3 aliphatic heterocycles. The molecule has 8 atom stereocenters. The molecule has 0 amide bonds. The molecule has 0 saturated carbocycles. The highest BCUT2D eigenvalue weighted by molar-refractivity contribution is 4.86. The van der Waals surface area contributed by atoms with Crippen LogP contribution in [0.2, 0.25) is 0 Å². The summed E-state index contributed by atoms with van der Waals surface area (Å²) >= 11 is 0. The van der Waals surface area contributed by atoms with E-state index in [1.807, 2.05) is 0 Å². The van der Waals surface area contributed by atoms with E-state index in [0.717, 1.165) is 0 Å². The summed E-state index contributed by atoms with van der Waals surface area (Å²) in [5.41, 5.74) is 0. The number of aliphatic hydroxyl groups excluding tert-OH is 3. The first kappa shape index (κ1) is 26.7. The van der Waals surface area contributed by atoms with Gasteiger partial charge in [0.1, 0.15) is 48.8 Å². The summed E-state index contributed by atoms with van der Waals surface area (Å²) in [5.74, 6) is 0. The molecule has 0 bridgehead atoms. The van der Waals surface area contributed by atoms with E-state index in [4.69, 9.17) is 42.6 Å². The largest absolute Gasteiger partial charge is 0.476 e. The Hall–Kier alpha value is -0.900. The van der Waals surface area contributed by atoms with E-state index in [1.54, 1.807) is 0 Å². The second-order valence-electron chi connectivity index (χ2n) is 8.14. The summed E-state index contributed by atoms with van der Waals surface area (Å²) in [5, 5.41) is 31.3. The maximum Gasteiger partial charge on any atom is 0.188 e. The van der Waals surface area contributed by atoms with Crippen LogP contribution in [0, 0.1) is 0 Å². The van der Waals surface area contributed by atoms with Gasteiger partial charge in [0.05, 0.1) is 72.3 Å². The summed E-state index contributed by atoms with van der Waals surface area (Å²) in [7, 11) is 0. The molecule has 0 aromatic rings. The standard InChI is InChI=1S/C21H36O12/c1-2-25-13-28-4-14(22)3-26-12-19(32-9-16-7-30-16)21(33-10-17-8-31-17)20(24)18(23)11-27-5-15-6-29-15/h2,14-24H,1,3-13H2. The number of hydrogen-bond donors (Lipinski definition) is 3. The predicted molar refractivity (Wildman–Crippen MR) is 110 cm³/mol. The van der Waals surface area contributed by atoms with Crippen molar-refractivity contribution in [2.75, 3.05) is 72.9 Å². The third-order valence-electron chi connectivity index (χ3n) is 5.04. The van der Waals surface area contributed by atoms with Crippen molar-refractivity contribution in [1.29, 1.82) is 0 Å². The average molecular weight is 481 g/mol. The number of epoxide rings is 3. The zero-order chi connectivity index (χ0) is 23.5. The van der Waals surface area contributed by atoms with Crippen molar-refractivity contribution in [2.24, 2.45) is 0 Å². The molecule has 3 N–H and O–H groups in total. The molecule has 0 spiro atoms. The molecule has 0 aromatic carbocycles. The van der Waals surface area contributed by atoms with E-state index in [-0.39, 0.29) is 64.7 Å². The molecule has 3 aliphatic rings. The Morgan fingerprint density at radius 1 is 0.788 bits per heavy atom. The first-order chi connectivity index (χ1) is 16.1.